The van der Waals surface area contributed by atoms with Gasteiger partial charge in [-0.05, 0) is 0 Å². The summed E-state index contributed by atoms with van der Waals surface area (Å²) in [5.74, 6) is 0. The van der Waals surface area contributed by atoms with Crippen LogP contribution in [-0.4, -0.2) is 0 Å². The van der Waals surface area contributed by atoms with Gasteiger partial charge < -0.3 is 0 Å². The number of hydrogen-bond donors (Lipinski definition) is 0. The summed E-state index contributed by atoms with van der Waals surface area (Å²) in [6.45, 7) is 0. The Morgan fingerprint density at radius 2 is 0.333 bits per heavy atom. The first-order valence-corrected chi connectivity index (χ1v) is 0. The third-order valence-electron chi connectivity index (χ3n) is 0. The first-order valence-electron chi connectivity index (χ1n) is 0. The molecule has 0 unspecified atom stereocenters. The summed E-state index contributed by atoms with van der Waals surface area (Å²) in [6.07, 6.45) is 0. The average Bonchev–Trinajstić information content (AvgIpc) is 0. The van der Waals surface area contributed by atoms with Crippen molar-refractivity contribution in [1.82, 2.24) is 0 Å². The van der Waals surface area contributed by atoms with Gasteiger partial charge >= 0.3 is 0 Å². The van der Waals surface area contributed by atoms with Gasteiger partial charge in [-0.1, -0.05) is 7.43 Å². The van der Waals surface area contributed by atoms with Crippen LogP contribution in [0.15, 0.2) is 0 Å². The minimum atomic E-state index is 0. The third-order valence-corrected chi connectivity index (χ3v) is 0. The summed E-state index contributed by atoms with van der Waals surface area (Å²) in [5.41, 5.74) is 0. The van der Waals surface area contributed by atoms with Crippen molar-refractivity contribution in [3.63, 3.8) is 0 Å². The predicted octanol–water partition coefficient (Wildman–Crippen LogP) is 0.624. The molecule has 0 N–H and O–H groups in total. The van der Waals surface area contributed by atoms with Gasteiger partial charge in [0.05, 0.1) is 0 Å². The SMILES string of the molecule is C.[V].[V].[V].[V].[V]. The second kappa shape index (κ2) is 44.5. The van der Waals surface area contributed by atoms with E-state index in [1.807, 2.05) is 0 Å². The Bertz CT molecular complexity index is 3.90. The zero-order valence-electron chi connectivity index (χ0n) is 2.24. The molecule has 0 heterocycles. The molecule has 6 heavy (non-hydrogen) atoms. The molecule has 0 spiro atoms. The Kier molecular flexibility index (Phi) is 486. The van der Waals surface area contributed by atoms with Gasteiger partial charge in [0.15, 0.2) is 0 Å². The molecule has 0 aromatic rings. The van der Waals surface area contributed by atoms with E-state index in [2.05, 4.69) is 0 Å². The molecule has 0 aromatic carbocycles. The van der Waals surface area contributed by atoms with E-state index in [0.717, 1.165) is 0 Å². The van der Waals surface area contributed by atoms with Crippen molar-refractivity contribution in [3.05, 3.63) is 0 Å². The molecule has 0 fully saturated rings. The molecule has 0 saturated carbocycles. The smallest absolute Gasteiger partial charge is 0 e. The number of hydrogen-bond acceptors (Lipinski definition) is 0. The van der Waals surface area contributed by atoms with Gasteiger partial charge in [-0.15, -0.1) is 0 Å². The van der Waals surface area contributed by atoms with Gasteiger partial charge in [0.1, 0.15) is 0 Å². The monoisotopic (exact) mass is 271 g/mol. The van der Waals surface area contributed by atoms with Crippen molar-refractivity contribution in [2.75, 3.05) is 0 Å². The minimum Gasteiger partial charge on any atom is -0.0776 e. The average molecular weight is 271 g/mol. The van der Waals surface area contributed by atoms with Crippen LogP contribution in [0.3, 0.4) is 0 Å². The van der Waals surface area contributed by atoms with Crippen LogP contribution in [0.1, 0.15) is 7.43 Å². The van der Waals surface area contributed by atoms with Gasteiger partial charge in [-0.2, -0.15) is 0 Å². The summed E-state index contributed by atoms with van der Waals surface area (Å²) in [5, 5.41) is 0. The van der Waals surface area contributed by atoms with Crippen LogP contribution in [0.4, 0.5) is 0 Å². The quantitative estimate of drug-likeness (QED) is 0.606. The van der Waals surface area contributed by atoms with Crippen molar-refractivity contribution < 1.29 is 92.8 Å². The van der Waals surface area contributed by atoms with Gasteiger partial charge in [-0.25, -0.2) is 0 Å². The Hall–Kier alpha value is 2.92. The Labute approximate surface area is 98.8 Å². The molecule has 0 aromatic heterocycles. The molecule has 0 saturated heterocycles. The first-order chi connectivity index (χ1) is 0. The molecular formula is CH4V5. The van der Waals surface area contributed by atoms with Crippen molar-refractivity contribution in [2.45, 2.75) is 7.43 Å². The van der Waals surface area contributed by atoms with Crippen LogP contribution in [0.25, 0.3) is 0 Å². The van der Waals surface area contributed by atoms with Crippen molar-refractivity contribution in [2.24, 2.45) is 0 Å². The Balaban J connectivity index is 0. The normalized spacial score (nSPS) is 0. The van der Waals surface area contributed by atoms with Crippen LogP contribution in [0.2, 0.25) is 0 Å². The van der Waals surface area contributed by atoms with Gasteiger partial charge in [0, 0.05) is 92.8 Å². The van der Waals surface area contributed by atoms with Crippen LogP contribution in [0.5, 0.6) is 0 Å². The molecule has 0 aliphatic carbocycles. The predicted molar refractivity (Wildman–Crippen MR) is 6.73 cm³/mol. The Morgan fingerprint density at radius 1 is 0.333 bits per heavy atom. The molecule has 0 aliphatic heterocycles. The maximum Gasteiger partial charge on any atom is 0 e. The maximum atomic E-state index is 0. The van der Waals surface area contributed by atoms with E-state index in [1.54, 1.807) is 0 Å². The summed E-state index contributed by atoms with van der Waals surface area (Å²) >= 11 is 0. The summed E-state index contributed by atoms with van der Waals surface area (Å²) in [4.78, 5) is 0. The zero-order valence-corrected chi connectivity index (χ0v) is 9.22. The zero-order chi connectivity index (χ0) is 0. The fraction of sp³-hybridized carbons (Fsp3) is 1.00. The molecule has 0 atom stereocenters. The van der Waals surface area contributed by atoms with Crippen molar-refractivity contribution in [3.8, 4) is 0 Å². The van der Waals surface area contributed by atoms with Gasteiger partial charge in [-0.3, -0.25) is 0 Å². The fourth-order valence-corrected chi connectivity index (χ4v) is 0. The standard InChI is InChI=1S/CH4.5V/h1H4;;;;;. The van der Waals surface area contributed by atoms with Crippen LogP contribution < -0.4 is 0 Å². The van der Waals surface area contributed by atoms with E-state index < -0.39 is 0 Å². The molecule has 5 heteroatoms. The van der Waals surface area contributed by atoms with Crippen molar-refractivity contribution in [1.29, 1.82) is 0 Å². The summed E-state index contributed by atoms with van der Waals surface area (Å²) in [6, 6.07) is 0. The minimum absolute atomic E-state index is 0. The molecular weight excluding hydrogens is 267 g/mol. The fourth-order valence-electron chi connectivity index (χ4n) is 0. The molecule has 0 nitrogen and oxygen atoms in total. The molecule has 0 aliphatic rings. The Morgan fingerprint density at radius 3 is 0.333 bits per heavy atom. The number of rotatable bonds is 0. The van der Waals surface area contributed by atoms with E-state index in [4.69, 9.17) is 0 Å². The third kappa shape index (κ3) is 28.4. The van der Waals surface area contributed by atoms with E-state index in [1.165, 1.54) is 0 Å². The molecule has 5 radical (unpaired) electrons. The second-order valence-electron chi connectivity index (χ2n) is 0. The first kappa shape index (κ1) is 65.6. The molecule has 33 valence electrons. The van der Waals surface area contributed by atoms with Crippen LogP contribution in [0, 0.1) is 0 Å². The van der Waals surface area contributed by atoms with E-state index in [9.17, 15) is 0 Å². The summed E-state index contributed by atoms with van der Waals surface area (Å²) < 4.78 is 0. The largest absolute Gasteiger partial charge is 0.0776 e. The molecule has 0 bridgehead atoms. The van der Waals surface area contributed by atoms with E-state index in [0.29, 0.717) is 0 Å². The topological polar surface area (TPSA) is 0 Å². The van der Waals surface area contributed by atoms with Crippen molar-refractivity contribution >= 4 is 0 Å². The maximum absolute atomic E-state index is 0. The van der Waals surface area contributed by atoms with Crippen LogP contribution >= 0.6 is 0 Å². The molecule has 0 rings (SSSR count). The van der Waals surface area contributed by atoms with Gasteiger partial charge in [0.25, 0.3) is 0 Å². The van der Waals surface area contributed by atoms with Crippen LogP contribution in [-0.2, 0) is 92.8 Å². The molecule has 0 amide bonds. The van der Waals surface area contributed by atoms with E-state index in [-0.39, 0.29) is 100 Å². The van der Waals surface area contributed by atoms with Gasteiger partial charge in [0.2, 0.25) is 0 Å². The summed E-state index contributed by atoms with van der Waals surface area (Å²) in [7, 11) is 0. The van der Waals surface area contributed by atoms with E-state index >= 15 is 0 Å². The second-order valence-corrected chi connectivity index (χ2v) is 0.